The van der Waals surface area contributed by atoms with Crippen LogP contribution < -0.4 is 0 Å². The molecule has 1 aliphatic carbocycles. The summed E-state index contributed by atoms with van der Waals surface area (Å²) in [5.74, 6) is 0.797. The third-order valence-electron chi connectivity index (χ3n) is 3.14. The maximum Gasteiger partial charge on any atom is 0.0934 e. The number of nitrogens with zero attached hydrogens (tertiary/aromatic N) is 1. The monoisotopic (exact) mass is 229 g/mol. The Hall–Kier alpha value is -0.0800. The van der Waals surface area contributed by atoms with Crippen LogP contribution in [-0.4, -0.2) is 10.9 Å². The van der Waals surface area contributed by atoms with Crippen LogP contribution in [0.5, 0.6) is 0 Å². The van der Waals surface area contributed by atoms with Crippen LogP contribution in [-0.2, 0) is 6.42 Å². The molecule has 0 radical (unpaired) electrons. The summed E-state index contributed by atoms with van der Waals surface area (Å²) in [4.78, 5) is 4.53. The van der Waals surface area contributed by atoms with Crippen LogP contribution >= 0.6 is 22.9 Å². The van der Waals surface area contributed by atoms with Gasteiger partial charge in [-0.1, -0.05) is 12.8 Å². The topological polar surface area (TPSA) is 12.9 Å². The van der Waals surface area contributed by atoms with Gasteiger partial charge in [-0.15, -0.1) is 22.9 Å². The molecule has 0 atom stereocenters. The predicted octanol–water partition coefficient (Wildman–Crippen LogP) is 3.79. The van der Waals surface area contributed by atoms with E-state index in [-0.39, 0.29) is 0 Å². The standard InChI is InChI=1S/C11H16ClNS/c1-9-7-14-10(13-9)6-11(8-12)4-2-3-5-11/h7H,2-6,8H2,1H3. The highest BCUT2D eigenvalue weighted by molar-refractivity contribution is 7.09. The third-order valence-corrected chi connectivity index (χ3v) is 4.67. The minimum atomic E-state index is 0.367. The van der Waals surface area contributed by atoms with Crippen molar-refractivity contribution >= 4 is 22.9 Å². The maximum atomic E-state index is 6.10. The van der Waals surface area contributed by atoms with Gasteiger partial charge in [0.15, 0.2) is 0 Å². The second-order valence-corrected chi connectivity index (χ2v) is 5.61. The number of hydrogen-bond acceptors (Lipinski definition) is 2. The Labute approximate surface area is 94.5 Å². The number of thiazole rings is 1. The van der Waals surface area contributed by atoms with Crippen molar-refractivity contribution in [2.45, 2.75) is 39.0 Å². The molecule has 1 aliphatic rings. The molecule has 1 aromatic heterocycles. The molecule has 0 aliphatic heterocycles. The number of aryl methyl sites for hydroxylation is 1. The predicted molar refractivity (Wildman–Crippen MR) is 62.2 cm³/mol. The minimum absolute atomic E-state index is 0.367. The van der Waals surface area contributed by atoms with Gasteiger partial charge in [-0.25, -0.2) is 4.98 Å². The van der Waals surface area contributed by atoms with Crippen LogP contribution in [0.3, 0.4) is 0 Å². The van der Waals surface area contributed by atoms with Gasteiger partial charge in [-0.2, -0.15) is 0 Å². The van der Waals surface area contributed by atoms with Crippen molar-refractivity contribution in [1.82, 2.24) is 4.98 Å². The van der Waals surface area contributed by atoms with E-state index in [2.05, 4.69) is 17.3 Å². The van der Waals surface area contributed by atoms with Gasteiger partial charge in [0.05, 0.1) is 5.01 Å². The van der Waals surface area contributed by atoms with E-state index in [1.165, 1.54) is 30.7 Å². The van der Waals surface area contributed by atoms with Gasteiger partial charge in [0.1, 0.15) is 0 Å². The van der Waals surface area contributed by atoms with E-state index in [0.29, 0.717) is 5.41 Å². The van der Waals surface area contributed by atoms with Crippen molar-refractivity contribution in [2.24, 2.45) is 5.41 Å². The summed E-state index contributed by atoms with van der Waals surface area (Å²) in [5, 5.41) is 3.40. The molecule has 0 amide bonds. The molecular weight excluding hydrogens is 214 g/mol. The number of hydrogen-bond donors (Lipinski definition) is 0. The zero-order valence-electron chi connectivity index (χ0n) is 8.55. The van der Waals surface area contributed by atoms with Crippen LogP contribution in [0.4, 0.5) is 0 Å². The minimum Gasteiger partial charge on any atom is -0.247 e. The molecule has 1 heterocycles. The van der Waals surface area contributed by atoms with Crippen molar-refractivity contribution < 1.29 is 0 Å². The van der Waals surface area contributed by atoms with Gasteiger partial charge in [-0.3, -0.25) is 0 Å². The molecule has 3 heteroatoms. The van der Waals surface area contributed by atoms with E-state index in [1.807, 2.05) is 0 Å². The summed E-state index contributed by atoms with van der Waals surface area (Å²) in [5.41, 5.74) is 1.51. The molecule has 0 N–H and O–H groups in total. The first-order chi connectivity index (χ1) is 6.74. The number of halogens is 1. The van der Waals surface area contributed by atoms with E-state index in [9.17, 15) is 0 Å². The largest absolute Gasteiger partial charge is 0.247 e. The number of rotatable bonds is 3. The summed E-state index contributed by atoms with van der Waals surface area (Å²) in [6.45, 7) is 2.06. The summed E-state index contributed by atoms with van der Waals surface area (Å²) in [6.07, 6.45) is 6.35. The highest BCUT2D eigenvalue weighted by Gasteiger charge is 2.33. The Balaban J connectivity index is 2.08. The molecule has 1 fully saturated rings. The second-order valence-electron chi connectivity index (χ2n) is 4.40. The lowest BCUT2D eigenvalue weighted by Crippen LogP contribution is -2.21. The molecule has 0 spiro atoms. The number of alkyl halides is 1. The molecule has 1 aromatic rings. The van der Waals surface area contributed by atoms with Crippen LogP contribution in [0.25, 0.3) is 0 Å². The second kappa shape index (κ2) is 4.19. The van der Waals surface area contributed by atoms with Gasteiger partial charge in [-0.05, 0) is 25.2 Å². The molecule has 1 nitrogen and oxygen atoms in total. The van der Waals surface area contributed by atoms with E-state index >= 15 is 0 Å². The van der Waals surface area contributed by atoms with Crippen molar-refractivity contribution in [3.8, 4) is 0 Å². The van der Waals surface area contributed by atoms with Gasteiger partial charge in [0.2, 0.25) is 0 Å². The first-order valence-electron chi connectivity index (χ1n) is 5.21. The van der Waals surface area contributed by atoms with Crippen molar-refractivity contribution in [3.63, 3.8) is 0 Å². The van der Waals surface area contributed by atoms with Crippen molar-refractivity contribution in [3.05, 3.63) is 16.1 Å². The Morgan fingerprint density at radius 3 is 2.71 bits per heavy atom. The smallest absolute Gasteiger partial charge is 0.0934 e. The Bertz CT molecular complexity index is 302. The summed E-state index contributed by atoms with van der Waals surface area (Å²) in [7, 11) is 0. The third kappa shape index (κ3) is 2.12. The molecule has 1 saturated carbocycles. The fourth-order valence-electron chi connectivity index (χ4n) is 2.29. The van der Waals surface area contributed by atoms with E-state index in [1.54, 1.807) is 11.3 Å². The molecule has 2 rings (SSSR count). The van der Waals surface area contributed by atoms with Crippen LogP contribution in [0.15, 0.2) is 5.38 Å². The first kappa shape index (κ1) is 10.4. The Kier molecular flexibility index (Phi) is 3.13. The molecule has 0 saturated heterocycles. The van der Waals surface area contributed by atoms with Gasteiger partial charge in [0.25, 0.3) is 0 Å². The van der Waals surface area contributed by atoms with E-state index in [4.69, 9.17) is 11.6 Å². The Morgan fingerprint density at radius 1 is 1.50 bits per heavy atom. The van der Waals surface area contributed by atoms with Crippen molar-refractivity contribution in [2.75, 3.05) is 5.88 Å². The van der Waals surface area contributed by atoms with Gasteiger partial charge in [0, 0.05) is 23.4 Å². The summed E-state index contributed by atoms with van der Waals surface area (Å²) < 4.78 is 0. The summed E-state index contributed by atoms with van der Waals surface area (Å²) in [6, 6.07) is 0. The van der Waals surface area contributed by atoms with Crippen LogP contribution in [0.2, 0.25) is 0 Å². The van der Waals surface area contributed by atoms with Crippen molar-refractivity contribution in [1.29, 1.82) is 0 Å². The zero-order chi connectivity index (χ0) is 10.0. The van der Waals surface area contributed by atoms with E-state index in [0.717, 1.165) is 18.0 Å². The SMILES string of the molecule is Cc1csc(CC2(CCl)CCCC2)n1. The van der Waals surface area contributed by atoms with Crippen LogP contribution in [0, 0.1) is 12.3 Å². The summed E-state index contributed by atoms with van der Waals surface area (Å²) >= 11 is 7.88. The average molecular weight is 230 g/mol. The highest BCUT2D eigenvalue weighted by atomic mass is 35.5. The molecular formula is C11H16ClNS. The lowest BCUT2D eigenvalue weighted by Gasteiger charge is -2.24. The fourth-order valence-corrected chi connectivity index (χ4v) is 3.59. The highest BCUT2D eigenvalue weighted by Crippen LogP contribution is 2.42. The quantitative estimate of drug-likeness (QED) is 0.719. The normalized spacial score (nSPS) is 20.1. The molecule has 0 bridgehead atoms. The zero-order valence-corrected chi connectivity index (χ0v) is 10.1. The Morgan fingerprint density at radius 2 is 2.21 bits per heavy atom. The van der Waals surface area contributed by atoms with E-state index < -0.39 is 0 Å². The molecule has 0 unspecified atom stereocenters. The van der Waals surface area contributed by atoms with Crippen LogP contribution in [0.1, 0.15) is 36.4 Å². The first-order valence-corrected chi connectivity index (χ1v) is 6.62. The molecule has 78 valence electrons. The maximum absolute atomic E-state index is 6.10. The lowest BCUT2D eigenvalue weighted by molar-refractivity contribution is 0.340. The average Bonchev–Trinajstić information content (AvgIpc) is 2.77. The molecule has 0 aromatic carbocycles. The fraction of sp³-hybridized carbons (Fsp3) is 0.727. The molecule has 14 heavy (non-hydrogen) atoms. The number of aromatic nitrogens is 1. The van der Waals surface area contributed by atoms with Gasteiger partial charge >= 0.3 is 0 Å². The lowest BCUT2D eigenvalue weighted by atomic mass is 9.85. The van der Waals surface area contributed by atoms with Gasteiger partial charge < -0.3 is 0 Å².